The van der Waals surface area contributed by atoms with Gasteiger partial charge in [0.05, 0.1) is 11.7 Å². The molecular formula is C15H20N2. The number of allylic oxidation sites excluding steroid dienone is 2. The summed E-state index contributed by atoms with van der Waals surface area (Å²) >= 11 is 0. The van der Waals surface area contributed by atoms with E-state index in [1.54, 1.807) is 0 Å². The number of rotatable bonds is 2. The van der Waals surface area contributed by atoms with Crippen LogP contribution in [-0.4, -0.2) is 18.0 Å². The summed E-state index contributed by atoms with van der Waals surface area (Å²) in [6, 6.07) is 0.415. The van der Waals surface area contributed by atoms with Crippen molar-refractivity contribution in [2.24, 2.45) is 21.8 Å². The molecule has 3 rings (SSSR count). The van der Waals surface area contributed by atoms with Crippen LogP contribution in [-0.2, 0) is 0 Å². The Morgan fingerprint density at radius 2 is 2.06 bits per heavy atom. The fourth-order valence-electron chi connectivity index (χ4n) is 2.50. The zero-order valence-electron chi connectivity index (χ0n) is 10.7. The Balaban J connectivity index is 1.86. The number of hydrogen-bond acceptors (Lipinski definition) is 2. The maximum absolute atomic E-state index is 4.80. The molecule has 0 spiro atoms. The summed E-state index contributed by atoms with van der Waals surface area (Å²) in [7, 11) is 0. The van der Waals surface area contributed by atoms with E-state index in [0.29, 0.717) is 12.0 Å². The van der Waals surface area contributed by atoms with Gasteiger partial charge in [-0.3, -0.25) is 9.98 Å². The van der Waals surface area contributed by atoms with E-state index >= 15 is 0 Å². The highest BCUT2D eigenvalue weighted by atomic mass is 14.8. The van der Waals surface area contributed by atoms with Crippen molar-refractivity contribution in [3.05, 3.63) is 23.4 Å². The van der Waals surface area contributed by atoms with E-state index in [2.05, 4.69) is 32.2 Å². The molecule has 1 aliphatic carbocycles. The molecule has 0 saturated heterocycles. The van der Waals surface area contributed by atoms with Gasteiger partial charge in [-0.1, -0.05) is 19.9 Å². The summed E-state index contributed by atoms with van der Waals surface area (Å²) in [6.45, 7) is 4.46. The molecule has 0 aromatic heterocycles. The molecule has 2 nitrogen and oxygen atoms in total. The van der Waals surface area contributed by atoms with Crippen molar-refractivity contribution >= 4 is 11.9 Å². The smallest absolute Gasteiger partial charge is 0.0711 e. The highest BCUT2D eigenvalue weighted by molar-refractivity contribution is 5.92. The molecule has 1 unspecified atom stereocenters. The first-order valence-corrected chi connectivity index (χ1v) is 6.76. The summed E-state index contributed by atoms with van der Waals surface area (Å²) in [4.78, 5) is 9.50. The molecule has 90 valence electrons. The average molecular weight is 228 g/mol. The summed E-state index contributed by atoms with van der Waals surface area (Å²) < 4.78 is 0. The van der Waals surface area contributed by atoms with Crippen LogP contribution in [0.5, 0.6) is 0 Å². The Morgan fingerprint density at radius 1 is 1.24 bits per heavy atom. The van der Waals surface area contributed by atoms with Gasteiger partial charge in [0.2, 0.25) is 0 Å². The topological polar surface area (TPSA) is 24.7 Å². The minimum Gasteiger partial charge on any atom is -0.285 e. The lowest BCUT2D eigenvalue weighted by molar-refractivity contribution is 0.716. The van der Waals surface area contributed by atoms with Crippen LogP contribution < -0.4 is 0 Å². The van der Waals surface area contributed by atoms with E-state index in [1.165, 1.54) is 24.1 Å². The van der Waals surface area contributed by atoms with Crippen molar-refractivity contribution in [3.8, 4) is 0 Å². The second kappa shape index (κ2) is 4.25. The minimum atomic E-state index is 0.415. The Morgan fingerprint density at radius 3 is 2.76 bits per heavy atom. The number of nitrogens with zero attached hydrogens (tertiary/aromatic N) is 2. The molecule has 0 radical (unpaired) electrons. The van der Waals surface area contributed by atoms with Crippen LogP contribution in [0.1, 0.15) is 39.5 Å². The van der Waals surface area contributed by atoms with Crippen LogP contribution in [0.2, 0.25) is 0 Å². The number of aliphatic imine (C=N–C) groups is 2. The lowest BCUT2D eigenvalue weighted by Crippen LogP contribution is -2.13. The summed E-state index contributed by atoms with van der Waals surface area (Å²) in [5.41, 5.74) is 3.83. The van der Waals surface area contributed by atoms with Crippen molar-refractivity contribution in [2.45, 2.75) is 45.6 Å². The molecular weight excluding hydrogens is 208 g/mol. The molecule has 0 aromatic carbocycles. The van der Waals surface area contributed by atoms with Crippen LogP contribution in [0.25, 0.3) is 0 Å². The first-order valence-electron chi connectivity index (χ1n) is 6.76. The SMILES string of the molecule is CC(C)C1=NC2=C(C=NC(C3CC3)C=C2)CC1. The standard InChI is InChI=1S/C15H20N2/c1-10(2)13-6-5-12-9-16-14(11-3-4-11)7-8-15(12)17-13/h7-11,14H,3-6H2,1-2H3. The van der Waals surface area contributed by atoms with Crippen molar-refractivity contribution in [3.63, 3.8) is 0 Å². The van der Waals surface area contributed by atoms with Crippen molar-refractivity contribution < 1.29 is 0 Å². The van der Waals surface area contributed by atoms with Gasteiger partial charge in [-0.25, -0.2) is 0 Å². The van der Waals surface area contributed by atoms with Gasteiger partial charge in [-0.15, -0.1) is 0 Å². The lowest BCUT2D eigenvalue weighted by atomic mass is 9.96. The van der Waals surface area contributed by atoms with Gasteiger partial charge in [0, 0.05) is 11.9 Å². The van der Waals surface area contributed by atoms with Crippen LogP contribution in [0.4, 0.5) is 0 Å². The third kappa shape index (κ3) is 2.26. The van der Waals surface area contributed by atoms with Gasteiger partial charge in [-0.2, -0.15) is 0 Å². The van der Waals surface area contributed by atoms with Gasteiger partial charge >= 0.3 is 0 Å². The monoisotopic (exact) mass is 228 g/mol. The number of hydrogen-bond donors (Lipinski definition) is 0. The zero-order chi connectivity index (χ0) is 11.8. The summed E-state index contributed by atoms with van der Waals surface area (Å²) in [5, 5.41) is 0. The molecule has 1 fully saturated rings. The predicted molar refractivity (Wildman–Crippen MR) is 72.7 cm³/mol. The Labute approximate surface area is 103 Å². The van der Waals surface area contributed by atoms with Gasteiger partial charge in [-0.05, 0) is 49.2 Å². The van der Waals surface area contributed by atoms with Crippen molar-refractivity contribution in [1.82, 2.24) is 0 Å². The highest BCUT2D eigenvalue weighted by Crippen LogP contribution is 2.36. The van der Waals surface area contributed by atoms with Crippen molar-refractivity contribution in [2.75, 3.05) is 0 Å². The molecule has 0 amide bonds. The molecule has 1 atom stereocenters. The largest absolute Gasteiger partial charge is 0.285 e. The third-order valence-corrected chi connectivity index (χ3v) is 3.87. The molecule has 2 aliphatic heterocycles. The second-order valence-corrected chi connectivity index (χ2v) is 5.63. The van der Waals surface area contributed by atoms with E-state index < -0.39 is 0 Å². The minimum absolute atomic E-state index is 0.415. The van der Waals surface area contributed by atoms with Gasteiger partial charge in [0.15, 0.2) is 0 Å². The molecule has 1 saturated carbocycles. The maximum Gasteiger partial charge on any atom is 0.0711 e. The molecule has 2 heterocycles. The quantitative estimate of drug-likeness (QED) is 0.690. The van der Waals surface area contributed by atoms with E-state index in [0.717, 1.165) is 24.5 Å². The summed E-state index contributed by atoms with van der Waals surface area (Å²) in [5.74, 6) is 1.37. The second-order valence-electron chi connectivity index (χ2n) is 5.63. The van der Waals surface area contributed by atoms with Crippen LogP contribution >= 0.6 is 0 Å². The van der Waals surface area contributed by atoms with E-state index in [-0.39, 0.29) is 0 Å². The van der Waals surface area contributed by atoms with Gasteiger partial charge in [0.25, 0.3) is 0 Å². The van der Waals surface area contributed by atoms with E-state index in [9.17, 15) is 0 Å². The Bertz CT molecular complexity index is 434. The first kappa shape index (κ1) is 10.9. The molecule has 3 aliphatic rings. The average Bonchev–Trinajstić information content (AvgIpc) is 3.13. The molecule has 0 bridgehead atoms. The van der Waals surface area contributed by atoms with Gasteiger partial charge < -0.3 is 0 Å². The van der Waals surface area contributed by atoms with Crippen LogP contribution in [0, 0.1) is 11.8 Å². The molecule has 17 heavy (non-hydrogen) atoms. The molecule has 0 N–H and O–H groups in total. The van der Waals surface area contributed by atoms with Crippen molar-refractivity contribution in [1.29, 1.82) is 0 Å². The molecule has 0 aromatic rings. The van der Waals surface area contributed by atoms with Crippen LogP contribution in [0.15, 0.2) is 33.4 Å². The first-order chi connectivity index (χ1) is 8.24. The predicted octanol–water partition coefficient (Wildman–Crippen LogP) is 3.55. The summed E-state index contributed by atoms with van der Waals surface area (Å²) in [6.07, 6.45) is 11.4. The lowest BCUT2D eigenvalue weighted by Gasteiger charge is -2.17. The Kier molecular flexibility index (Phi) is 2.73. The fraction of sp³-hybridized carbons (Fsp3) is 0.600. The Hall–Kier alpha value is -1.18. The highest BCUT2D eigenvalue weighted by Gasteiger charge is 2.30. The third-order valence-electron chi connectivity index (χ3n) is 3.87. The fourth-order valence-corrected chi connectivity index (χ4v) is 2.50. The van der Waals surface area contributed by atoms with Gasteiger partial charge in [0.1, 0.15) is 0 Å². The van der Waals surface area contributed by atoms with Crippen LogP contribution in [0.3, 0.4) is 0 Å². The molecule has 2 heteroatoms. The zero-order valence-corrected chi connectivity index (χ0v) is 10.7. The maximum atomic E-state index is 4.80. The normalized spacial score (nSPS) is 28.2. The van der Waals surface area contributed by atoms with E-state index in [1.807, 2.05) is 0 Å². The van der Waals surface area contributed by atoms with E-state index in [4.69, 9.17) is 9.98 Å².